The van der Waals surface area contributed by atoms with Crippen molar-refractivity contribution in [1.29, 1.82) is 0 Å². The predicted molar refractivity (Wildman–Crippen MR) is 63.3 cm³/mol. The van der Waals surface area contributed by atoms with Crippen molar-refractivity contribution in [2.45, 2.75) is 12.6 Å². The van der Waals surface area contributed by atoms with Crippen LogP contribution in [0.5, 0.6) is 0 Å². The Hall–Kier alpha value is -1.66. The SMILES string of the molecule is NCc1ncccc1N1CCOCC1C(N)=O. The van der Waals surface area contributed by atoms with Gasteiger partial charge >= 0.3 is 0 Å². The van der Waals surface area contributed by atoms with Gasteiger partial charge in [-0.25, -0.2) is 0 Å². The standard InChI is InChI=1S/C11H16N4O2/c12-6-8-9(2-1-3-14-8)15-4-5-17-7-10(15)11(13)16/h1-3,10H,4-7,12H2,(H2,13,16). The number of aromatic nitrogens is 1. The van der Waals surface area contributed by atoms with Gasteiger partial charge in [-0.2, -0.15) is 0 Å². The topological polar surface area (TPSA) is 94.5 Å². The minimum absolute atomic E-state index is 0.314. The quantitative estimate of drug-likeness (QED) is 0.718. The van der Waals surface area contributed by atoms with Crippen LogP contribution in [-0.4, -0.2) is 36.7 Å². The van der Waals surface area contributed by atoms with E-state index in [4.69, 9.17) is 16.2 Å². The fraction of sp³-hybridized carbons (Fsp3) is 0.455. The second-order valence-corrected chi connectivity index (χ2v) is 3.86. The molecule has 17 heavy (non-hydrogen) atoms. The summed E-state index contributed by atoms with van der Waals surface area (Å²) in [5.74, 6) is -0.392. The molecule has 6 nitrogen and oxygen atoms in total. The van der Waals surface area contributed by atoms with Crippen LogP contribution in [0.1, 0.15) is 5.69 Å². The van der Waals surface area contributed by atoms with E-state index in [-0.39, 0.29) is 0 Å². The van der Waals surface area contributed by atoms with Gasteiger partial charge < -0.3 is 21.1 Å². The molecule has 1 atom stereocenters. The second kappa shape index (κ2) is 5.11. The average Bonchev–Trinajstić information content (AvgIpc) is 2.38. The van der Waals surface area contributed by atoms with Crippen LogP contribution < -0.4 is 16.4 Å². The summed E-state index contributed by atoms with van der Waals surface area (Å²) in [6.07, 6.45) is 1.69. The molecule has 1 amide bonds. The molecular formula is C11H16N4O2. The molecule has 1 aliphatic heterocycles. The monoisotopic (exact) mass is 236 g/mol. The van der Waals surface area contributed by atoms with E-state index in [0.717, 1.165) is 11.4 Å². The fourth-order valence-corrected chi connectivity index (χ4v) is 1.98. The minimum Gasteiger partial charge on any atom is -0.377 e. The van der Waals surface area contributed by atoms with Crippen LogP contribution in [0.25, 0.3) is 0 Å². The molecule has 1 fully saturated rings. The summed E-state index contributed by atoms with van der Waals surface area (Å²) in [6, 6.07) is 3.27. The number of nitrogens with zero attached hydrogens (tertiary/aromatic N) is 2. The van der Waals surface area contributed by atoms with Gasteiger partial charge in [-0.3, -0.25) is 9.78 Å². The lowest BCUT2D eigenvalue weighted by molar-refractivity contribution is -0.121. The number of morpholine rings is 1. The van der Waals surface area contributed by atoms with Gasteiger partial charge in [-0.05, 0) is 12.1 Å². The normalized spacial score (nSPS) is 20.3. The zero-order valence-corrected chi connectivity index (χ0v) is 9.50. The number of carbonyl (C=O) groups excluding carboxylic acids is 1. The summed E-state index contributed by atoms with van der Waals surface area (Å²) in [7, 11) is 0. The summed E-state index contributed by atoms with van der Waals surface area (Å²) in [5.41, 5.74) is 12.6. The van der Waals surface area contributed by atoms with E-state index in [1.807, 2.05) is 17.0 Å². The second-order valence-electron chi connectivity index (χ2n) is 3.86. The number of pyridine rings is 1. The summed E-state index contributed by atoms with van der Waals surface area (Å²) in [6.45, 7) is 1.84. The van der Waals surface area contributed by atoms with E-state index in [2.05, 4.69) is 4.98 Å². The van der Waals surface area contributed by atoms with Crippen molar-refractivity contribution in [2.24, 2.45) is 11.5 Å². The molecule has 4 N–H and O–H groups in total. The molecule has 0 spiro atoms. The van der Waals surface area contributed by atoms with Crippen molar-refractivity contribution >= 4 is 11.6 Å². The summed E-state index contributed by atoms with van der Waals surface area (Å²) in [5, 5.41) is 0. The largest absolute Gasteiger partial charge is 0.377 e. The van der Waals surface area contributed by atoms with Gasteiger partial charge in [0, 0.05) is 19.3 Å². The zero-order valence-electron chi connectivity index (χ0n) is 9.50. The molecule has 0 radical (unpaired) electrons. The number of anilines is 1. The lowest BCUT2D eigenvalue weighted by atomic mass is 10.1. The Labute approximate surface area is 99.5 Å². The maximum absolute atomic E-state index is 11.4. The first kappa shape index (κ1) is 11.8. The van der Waals surface area contributed by atoms with Crippen LogP contribution in [0.4, 0.5) is 5.69 Å². The Bertz CT molecular complexity index is 410. The van der Waals surface area contributed by atoms with Crippen molar-refractivity contribution in [2.75, 3.05) is 24.7 Å². The van der Waals surface area contributed by atoms with E-state index < -0.39 is 11.9 Å². The molecule has 2 heterocycles. The van der Waals surface area contributed by atoms with E-state index in [1.165, 1.54) is 0 Å². The summed E-state index contributed by atoms with van der Waals surface area (Å²) in [4.78, 5) is 17.5. The molecular weight excluding hydrogens is 220 g/mol. The molecule has 1 aliphatic rings. The molecule has 1 unspecified atom stereocenters. The van der Waals surface area contributed by atoms with Crippen LogP contribution in [0.3, 0.4) is 0 Å². The number of nitrogens with two attached hydrogens (primary N) is 2. The molecule has 0 bridgehead atoms. The molecule has 92 valence electrons. The molecule has 0 saturated carbocycles. The van der Waals surface area contributed by atoms with Crippen LogP contribution >= 0.6 is 0 Å². The van der Waals surface area contributed by atoms with E-state index >= 15 is 0 Å². The maximum Gasteiger partial charge on any atom is 0.242 e. The van der Waals surface area contributed by atoms with Gasteiger partial charge in [-0.1, -0.05) is 0 Å². The highest BCUT2D eigenvalue weighted by atomic mass is 16.5. The first-order valence-electron chi connectivity index (χ1n) is 5.51. The Kier molecular flexibility index (Phi) is 3.55. The van der Waals surface area contributed by atoms with Crippen LogP contribution in [0.15, 0.2) is 18.3 Å². The van der Waals surface area contributed by atoms with Crippen LogP contribution in [0.2, 0.25) is 0 Å². The molecule has 0 aliphatic carbocycles. The molecule has 1 aromatic heterocycles. The van der Waals surface area contributed by atoms with Crippen molar-refractivity contribution in [3.05, 3.63) is 24.0 Å². The fourth-order valence-electron chi connectivity index (χ4n) is 1.98. The number of hydrogen-bond donors (Lipinski definition) is 2. The van der Waals surface area contributed by atoms with Gasteiger partial charge in [0.05, 0.1) is 24.6 Å². The first-order chi connectivity index (χ1) is 8.24. The Balaban J connectivity index is 2.32. The van der Waals surface area contributed by atoms with Crippen molar-refractivity contribution in [3.63, 3.8) is 0 Å². The van der Waals surface area contributed by atoms with Crippen LogP contribution in [-0.2, 0) is 16.1 Å². The number of carbonyl (C=O) groups is 1. The number of primary amides is 1. The van der Waals surface area contributed by atoms with E-state index in [9.17, 15) is 4.79 Å². The highest BCUT2D eigenvalue weighted by molar-refractivity contribution is 5.84. The molecule has 0 aromatic carbocycles. The average molecular weight is 236 g/mol. The highest BCUT2D eigenvalue weighted by Crippen LogP contribution is 2.22. The van der Waals surface area contributed by atoms with Gasteiger partial charge in [0.1, 0.15) is 6.04 Å². The van der Waals surface area contributed by atoms with Crippen LogP contribution in [0, 0.1) is 0 Å². The Morgan fingerprint density at radius 2 is 2.47 bits per heavy atom. The summed E-state index contributed by atoms with van der Waals surface area (Å²) >= 11 is 0. The number of rotatable bonds is 3. The number of amides is 1. The van der Waals surface area contributed by atoms with Gasteiger partial charge in [0.15, 0.2) is 0 Å². The van der Waals surface area contributed by atoms with Crippen molar-refractivity contribution in [3.8, 4) is 0 Å². The van der Waals surface area contributed by atoms with Gasteiger partial charge in [0.2, 0.25) is 5.91 Å². The number of hydrogen-bond acceptors (Lipinski definition) is 5. The van der Waals surface area contributed by atoms with Crippen molar-refractivity contribution < 1.29 is 9.53 Å². The molecule has 2 rings (SSSR count). The lowest BCUT2D eigenvalue weighted by Gasteiger charge is -2.36. The van der Waals surface area contributed by atoms with Gasteiger partial charge in [-0.15, -0.1) is 0 Å². The summed E-state index contributed by atoms with van der Waals surface area (Å²) < 4.78 is 5.27. The van der Waals surface area contributed by atoms with Gasteiger partial charge in [0.25, 0.3) is 0 Å². The number of ether oxygens (including phenoxy) is 1. The third-order valence-electron chi connectivity index (χ3n) is 2.83. The zero-order chi connectivity index (χ0) is 12.3. The molecule has 1 saturated heterocycles. The highest BCUT2D eigenvalue weighted by Gasteiger charge is 2.29. The third-order valence-corrected chi connectivity index (χ3v) is 2.83. The molecule has 6 heteroatoms. The smallest absolute Gasteiger partial charge is 0.242 e. The third kappa shape index (κ3) is 2.37. The maximum atomic E-state index is 11.4. The Morgan fingerprint density at radius 1 is 1.65 bits per heavy atom. The van der Waals surface area contributed by atoms with E-state index in [0.29, 0.717) is 26.3 Å². The predicted octanol–water partition coefficient (Wildman–Crippen LogP) is -0.769. The van der Waals surface area contributed by atoms with Crippen molar-refractivity contribution in [1.82, 2.24) is 4.98 Å². The molecule has 1 aromatic rings. The first-order valence-corrected chi connectivity index (χ1v) is 5.51. The minimum atomic E-state index is -0.446. The lowest BCUT2D eigenvalue weighted by Crippen LogP contribution is -2.53. The van der Waals surface area contributed by atoms with E-state index in [1.54, 1.807) is 6.20 Å². The Morgan fingerprint density at radius 3 is 3.18 bits per heavy atom.